The summed E-state index contributed by atoms with van der Waals surface area (Å²) >= 11 is 0. The minimum absolute atomic E-state index is 0.0194. The van der Waals surface area contributed by atoms with Crippen molar-refractivity contribution in [2.45, 2.75) is 13.3 Å². The first-order chi connectivity index (χ1) is 8.65. The molecule has 0 aliphatic rings. The largest absolute Gasteiger partial charge is 0.399 e. The SMILES string of the molecule is Cc1cc(N)ccc1NC(=O)Cc1ccccc1. The smallest absolute Gasteiger partial charge is 0.228 e. The number of hydrogen-bond donors (Lipinski definition) is 2. The standard InChI is InChI=1S/C15H16N2O/c1-11-9-13(16)7-8-14(11)17-15(18)10-12-5-3-2-4-6-12/h2-9H,10,16H2,1H3,(H,17,18). The minimum atomic E-state index is -0.0194. The van der Waals surface area contributed by atoms with Gasteiger partial charge in [0, 0.05) is 11.4 Å². The second-order valence-electron chi connectivity index (χ2n) is 4.28. The van der Waals surface area contributed by atoms with Gasteiger partial charge in [-0.3, -0.25) is 4.79 Å². The van der Waals surface area contributed by atoms with Crippen LogP contribution in [0.4, 0.5) is 11.4 Å². The fourth-order valence-electron chi connectivity index (χ4n) is 1.80. The van der Waals surface area contributed by atoms with Crippen molar-refractivity contribution in [2.24, 2.45) is 0 Å². The van der Waals surface area contributed by atoms with Gasteiger partial charge in [0.05, 0.1) is 6.42 Å². The fraction of sp³-hybridized carbons (Fsp3) is 0.133. The summed E-state index contributed by atoms with van der Waals surface area (Å²) in [5.41, 5.74) is 9.15. The Hall–Kier alpha value is -2.29. The molecule has 0 fully saturated rings. The predicted octanol–water partition coefficient (Wildman–Crippen LogP) is 2.76. The van der Waals surface area contributed by atoms with E-state index in [2.05, 4.69) is 5.32 Å². The Morgan fingerprint density at radius 1 is 1.17 bits per heavy atom. The number of amides is 1. The number of nitrogens with one attached hydrogen (secondary N) is 1. The lowest BCUT2D eigenvalue weighted by molar-refractivity contribution is -0.115. The lowest BCUT2D eigenvalue weighted by atomic mass is 10.1. The zero-order valence-corrected chi connectivity index (χ0v) is 10.3. The fourth-order valence-corrected chi connectivity index (χ4v) is 1.80. The van der Waals surface area contributed by atoms with E-state index < -0.39 is 0 Å². The molecule has 0 aromatic heterocycles. The molecule has 3 N–H and O–H groups in total. The number of benzene rings is 2. The van der Waals surface area contributed by atoms with Crippen molar-refractivity contribution < 1.29 is 4.79 Å². The number of aryl methyl sites for hydroxylation is 1. The average Bonchev–Trinajstić information content (AvgIpc) is 2.34. The van der Waals surface area contributed by atoms with Crippen molar-refractivity contribution in [3.05, 3.63) is 59.7 Å². The third-order valence-electron chi connectivity index (χ3n) is 2.73. The van der Waals surface area contributed by atoms with Gasteiger partial charge in [-0.25, -0.2) is 0 Å². The highest BCUT2D eigenvalue weighted by atomic mass is 16.1. The maximum Gasteiger partial charge on any atom is 0.228 e. The molecule has 0 unspecified atom stereocenters. The molecule has 0 heterocycles. The van der Waals surface area contributed by atoms with E-state index in [9.17, 15) is 4.79 Å². The molecule has 0 aliphatic carbocycles. The molecule has 0 saturated heterocycles. The maximum atomic E-state index is 11.9. The summed E-state index contributed by atoms with van der Waals surface area (Å²) in [4.78, 5) is 11.9. The van der Waals surface area contributed by atoms with Crippen molar-refractivity contribution in [1.29, 1.82) is 0 Å². The second kappa shape index (κ2) is 5.36. The van der Waals surface area contributed by atoms with Crippen LogP contribution >= 0.6 is 0 Å². The van der Waals surface area contributed by atoms with Gasteiger partial charge < -0.3 is 11.1 Å². The van der Waals surface area contributed by atoms with Crippen LogP contribution in [-0.4, -0.2) is 5.91 Å². The van der Waals surface area contributed by atoms with Gasteiger partial charge in [0.1, 0.15) is 0 Å². The van der Waals surface area contributed by atoms with Crippen molar-refractivity contribution in [2.75, 3.05) is 11.1 Å². The summed E-state index contributed by atoms with van der Waals surface area (Å²) in [7, 11) is 0. The first-order valence-electron chi connectivity index (χ1n) is 5.85. The molecule has 3 heteroatoms. The molecule has 0 bridgehead atoms. The Labute approximate surface area is 107 Å². The van der Waals surface area contributed by atoms with Crippen LogP contribution in [0, 0.1) is 6.92 Å². The Bertz CT molecular complexity index is 550. The van der Waals surface area contributed by atoms with Gasteiger partial charge in [-0.05, 0) is 36.2 Å². The molecule has 18 heavy (non-hydrogen) atoms. The number of hydrogen-bond acceptors (Lipinski definition) is 2. The van der Waals surface area contributed by atoms with Gasteiger partial charge in [-0.15, -0.1) is 0 Å². The molecule has 3 nitrogen and oxygen atoms in total. The lowest BCUT2D eigenvalue weighted by Crippen LogP contribution is -2.15. The zero-order valence-electron chi connectivity index (χ0n) is 10.3. The molecule has 0 spiro atoms. The number of nitrogen functional groups attached to an aromatic ring is 1. The minimum Gasteiger partial charge on any atom is -0.399 e. The first kappa shape index (κ1) is 12.2. The van der Waals surface area contributed by atoms with Crippen LogP contribution < -0.4 is 11.1 Å². The molecule has 0 saturated carbocycles. The van der Waals surface area contributed by atoms with E-state index in [-0.39, 0.29) is 5.91 Å². The van der Waals surface area contributed by atoms with E-state index >= 15 is 0 Å². The zero-order chi connectivity index (χ0) is 13.0. The molecule has 0 aliphatic heterocycles. The molecule has 0 atom stereocenters. The van der Waals surface area contributed by atoms with Crippen LogP contribution in [0.2, 0.25) is 0 Å². The van der Waals surface area contributed by atoms with Gasteiger partial charge in [0.15, 0.2) is 0 Å². The Kier molecular flexibility index (Phi) is 3.63. The van der Waals surface area contributed by atoms with Crippen LogP contribution in [0.15, 0.2) is 48.5 Å². The number of carbonyl (C=O) groups is 1. The van der Waals surface area contributed by atoms with E-state index in [0.29, 0.717) is 12.1 Å². The Balaban J connectivity index is 2.03. The molecular weight excluding hydrogens is 224 g/mol. The summed E-state index contributed by atoms with van der Waals surface area (Å²) < 4.78 is 0. The Morgan fingerprint density at radius 3 is 2.56 bits per heavy atom. The van der Waals surface area contributed by atoms with Crippen molar-refractivity contribution in [1.82, 2.24) is 0 Å². The molecular formula is C15H16N2O. The predicted molar refractivity (Wildman–Crippen MR) is 74.4 cm³/mol. The summed E-state index contributed by atoms with van der Waals surface area (Å²) in [5, 5.41) is 2.89. The van der Waals surface area contributed by atoms with Crippen molar-refractivity contribution in [3.63, 3.8) is 0 Å². The molecule has 0 radical (unpaired) electrons. The van der Waals surface area contributed by atoms with Gasteiger partial charge in [0.2, 0.25) is 5.91 Å². The molecule has 2 aromatic rings. The molecule has 1 amide bonds. The Morgan fingerprint density at radius 2 is 1.89 bits per heavy atom. The highest BCUT2D eigenvalue weighted by Crippen LogP contribution is 2.17. The third-order valence-corrected chi connectivity index (χ3v) is 2.73. The number of carbonyl (C=O) groups excluding carboxylic acids is 1. The second-order valence-corrected chi connectivity index (χ2v) is 4.28. The highest BCUT2D eigenvalue weighted by Gasteiger charge is 2.05. The van der Waals surface area contributed by atoms with E-state index in [0.717, 1.165) is 16.8 Å². The van der Waals surface area contributed by atoms with Crippen LogP contribution in [0.5, 0.6) is 0 Å². The van der Waals surface area contributed by atoms with E-state index in [1.54, 1.807) is 6.07 Å². The summed E-state index contributed by atoms with van der Waals surface area (Å²) in [6.07, 6.45) is 0.380. The van der Waals surface area contributed by atoms with Gasteiger partial charge in [-0.2, -0.15) is 0 Å². The monoisotopic (exact) mass is 240 g/mol. The number of nitrogens with two attached hydrogens (primary N) is 1. The number of anilines is 2. The normalized spacial score (nSPS) is 10.1. The van der Waals surface area contributed by atoms with E-state index in [4.69, 9.17) is 5.73 Å². The molecule has 92 valence electrons. The van der Waals surface area contributed by atoms with Crippen LogP contribution in [-0.2, 0) is 11.2 Å². The van der Waals surface area contributed by atoms with Crippen LogP contribution in [0.25, 0.3) is 0 Å². The molecule has 2 rings (SSSR count). The van der Waals surface area contributed by atoms with E-state index in [1.165, 1.54) is 0 Å². The number of rotatable bonds is 3. The van der Waals surface area contributed by atoms with Crippen molar-refractivity contribution >= 4 is 17.3 Å². The van der Waals surface area contributed by atoms with E-state index in [1.807, 2.05) is 49.4 Å². The van der Waals surface area contributed by atoms with Gasteiger partial charge in [0.25, 0.3) is 0 Å². The third kappa shape index (κ3) is 3.10. The van der Waals surface area contributed by atoms with Gasteiger partial charge >= 0.3 is 0 Å². The average molecular weight is 240 g/mol. The maximum absolute atomic E-state index is 11.9. The quantitative estimate of drug-likeness (QED) is 0.810. The lowest BCUT2D eigenvalue weighted by Gasteiger charge is -2.09. The first-order valence-corrected chi connectivity index (χ1v) is 5.85. The topological polar surface area (TPSA) is 55.1 Å². The highest BCUT2D eigenvalue weighted by molar-refractivity contribution is 5.93. The molecule has 2 aromatic carbocycles. The van der Waals surface area contributed by atoms with Crippen molar-refractivity contribution in [3.8, 4) is 0 Å². The summed E-state index contributed by atoms with van der Waals surface area (Å²) in [6, 6.07) is 15.1. The van der Waals surface area contributed by atoms with Gasteiger partial charge in [-0.1, -0.05) is 30.3 Å². The summed E-state index contributed by atoms with van der Waals surface area (Å²) in [5.74, 6) is -0.0194. The van der Waals surface area contributed by atoms with Crippen LogP contribution in [0.3, 0.4) is 0 Å². The van der Waals surface area contributed by atoms with Crippen LogP contribution in [0.1, 0.15) is 11.1 Å². The summed E-state index contributed by atoms with van der Waals surface area (Å²) in [6.45, 7) is 1.93.